The SMILES string of the molecule is O=c1[nH]c(=O)c2c(CCC3CCCC3)c([N+](=O)[O-])c(=O)oc2[nH]1. The van der Waals surface area contributed by atoms with Crippen LogP contribution < -0.4 is 16.9 Å². The van der Waals surface area contributed by atoms with Crippen molar-refractivity contribution < 1.29 is 9.34 Å². The summed E-state index contributed by atoms with van der Waals surface area (Å²) in [7, 11) is 0. The molecule has 122 valence electrons. The van der Waals surface area contributed by atoms with Crippen molar-refractivity contribution in [2.45, 2.75) is 38.5 Å². The van der Waals surface area contributed by atoms with Gasteiger partial charge in [0.15, 0.2) is 0 Å². The lowest BCUT2D eigenvalue weighted by atomic mass is 9.96. The van der Waals surface area contributed by atoms with Crippen LogP contribution in [0.25, 0.3) is 11.1 Å². The molecule has 1 saturated carbocycles. The molecule has 0 atom stereocenters. The second-order valence-electron chi connectivity index (χ2n) is 5.78. The lowest BCUT2D eigenvalue weighted by Crippen LogP contribution is -2.25. The zero-order valence-corrected chi connectivity index (χ0v) is 12.2. The van der Waals surface area contributed by atoms with Gasteiger partial charge in [0.25, 0.3) is 5.56 Å². The van der Waals surface area contributed by atoms with Crippen molar-refractivity contribution in [2.24, 2.45) is 5.92 Å². The maximum absolute atomic E-state index is 12.0. The molecular formula is C14H15N3O6. The molecule has 0 unspecified atom stereocenters. The molecule has 0 amide bonds. The fourth-order valence-corrected chi connectivity index (χ4v) is 3.27. The van der Waals surface area contributed by atoms with Crippen LogP contribution in [0.1, 0.15) is 37.7 Å². The fraction of sp³-hybridized carbons (Fsp3) is 0.500. The Morgan fingerprint density at radius 3 is 2.52 bits per heavy atom. The van der Waals surface area contributed by atoms with Crippen LogP contribution in [-0.4, -0.2) is 14.9 Å². The molecule has 2 aromatic heterocycles. The second-order valence-corrected chi connectivity index (χ2v) is 5.78. The molecule has 0 spiro atoms. The van der Waals surface area contributed by atoms with Gasteiger partial charge in [-0.05, 0) is 18.8 Å². The van der Waals surface area contributed by atoms with E-state index < -0.39 is 27.5 Å². The molecule has 1 aliphatic carbocycles. The molecule has 1 aliphatic rings. The number of H-pyrrole nitrogens is 2. The highest BCUT2D eigenvalue weighted by molar-refractivity contribution is 5.79. The Hall–Kier alpha value is -2.71. The number of aromatic nitrogens is 2. The molecule has 3 rings (SSSR count). The summed E-state index contributed by atoms with van der Waals surface area (Å²) in [4.78, 5) is 49.8. The van der Waals surface area contributed by atoms with E-state index in [9.17, 15) is 24.5 Å². The monoisotopic (exact) mass is 321 g/mol. The van der Waals surface area contributed by atoms with Gasteiger partial charge in [0.1, 0.15) is 5.39 Å². The Bertz CT molecular complexity index is 932. The average molecular weight is 321 g/mol. The van der Waals surface area contributed by atoms with Crippen LogP contribution in [0.3, 0.4) is 0 Å². The van der Waals surface area contributed by atoms with Crippen molar-refractivity contribution in [1.82, 2.24) is 9.97 Å². The normalized spacial score (nSPS) is 15.3. The standard InChI is InChI=1S/C14H15N3O6/c18-11-9-8(6-5-7-3-1-2-4-7)10(17(21)22)13(19)23-12(9)16-14(20)15-11/h7H,1-6H2,(H2,15,16,18,20). The van der Waals surface area contributed by atoms with Crippen LogP contribution in [-0.2, 0) is 6.42 Å². The van der Waals surface area contributed by atoms with Gasteiger partial charge < -0.3 is 4.42 Å². The Balaban J connectivity index is 2.19. The third-order valence-corrected chi connectivity index (χ3v) is 4.34. The van der Waals surface area contributed by atoms with Crippen molar-refractivity contribution in [3.8, 4) is 0 Å². The van der Waals surface area contributed by atoms with E-state index in [0.717, 1.165) is 25.7 Å². The van der Waals surface area contributed by atoms with Crippen LogP contribution in [0, 0.1) is 16.0 Å². The van der Waals surface area contributed by atoms with E-state index >= 15 is 0 Å². The molecule has 0 bridgehead atoms. The zero-order chi connectivity index (χ0) is 16.6. The van der Waals surface area contributed by atoms with Crippen LogP contribution in [0.2, 0.25) is 0 Å². The minimum Gasteiger partial charge on any atom is -0.400 e. The first kappa shape index (κ1) is 15.2. The Kier molecular flexibility index (Phi) is 3.85. The highest BCUT2D eigenvalue weighted by Crippen LogP contribution is 2.31. The van der Waals surface area contributed by atoms with Gasteiger partial charge in [-0.2, -0.15) is 0 Å². The first-order chi connectivity index (χ1) is 11.0. The molecule has 23 heavy (non-hydrogen) atoms. The third kappa shape index (κ3) is 2.81. The highest BCUT2D eigenvalue weighted by atomic mass is 16.6. The third-order valence-electron chi connectivity index (χ3n) is 4.34. The number of fused-ring (bicyclic) bond motifs is 1. The highest BCUT2D eigenvalue weighted by Gasteiger charge is 2.27. The van der Waals surface area contributed by atoms with E-state index in [1.54, 1.807) is 0 Å². The topological polar surface area (TPSA) is 139 Å². The van der Waals surface area contributed by atoms with Gasteiger partial charge in [-0.25, -0.2) is 9.59 Å². The number of rotatable bonds is 4. The summed E-state index contributed by atoms with van der Waals surface area (Å²) >= 11 is 0. The summed E-state index contributed by atoms with van der Waals surface area (Å²) in [5, 5.41) is 11.1. The molecule has 9 heteroatoms. The van der Waals surface area contributed by atoms with Gasteiger partial charge in [0.2, 0.25) is 5.71 Å². The predicted octanol–water partition coefficient (Wildman–Crippen LogP) is 1.20. The summed E-state index contributed by atoms with van der Waals surface area (Å²) in [6, 6.07) is 0. The van der Waals surface area contributed by atoms with Crippen molar-refractivity contribution in [2.75, 3.05) is 0 Å². The summed E-state index contributed by atoms with van der Waals surface area (Å²) < 4.78 is 4.76. The van der Waals surface area contributed by atoms with Crippen molar-refractivity contribution >= 4 is 16.8 Å². The number of nitrogens with zero attached hydrogens (tertiary/aromatic N) is 1. The molecule has 2 N–H and O–H groups in total. The van der Waals surface area contributed by atoms with Gasteiger partial charge in [-0.1, -0.05) is 25.7 Å². The van der Waals surface area contributed by atoms with Crippen LogP contribution in [0.15, 0.2) is 18.8 Å². The Morgan fingerprint density at radius 2 is 1.87 bits per heavy atom. The van der Waals surface area contributed by atoms with E-state index in [1.807, 2.05) is 4.98 Å². The van der Waals surface area contributed by atoms with Crippen molar-refractivity contribution in [3.05, 3.63) is 46.9 Å². The van der Waals surface area contributed by atoms with E-state index in [1.165, 1.54) is 0 Å². The molecule has 0 aliphatic heterocycles. The molecular weight excluding hydrogens is 306 g/mol. The number of nitro groups is 1. The molecule has 0 aromatic carbocycles. The fourth-order valence-electron chi connectivity index (χ4n) is 3.27. The quantitative estimate of drug-likeness (QED) is 0.640. The number of nitrogens with one attached hydrogen (secondary N) is 2. The first-order valence-electron chi connectivity index (χ1n) is 7.44. The average Bonchev–Trinajstić information content (AvgIpc) is 2.96. The maximum atomic E-state index is 12.0. The molecule has 2 heterocycles. The first-order valence-corrected chi connectivity index (χ1v) is 7.44. The summed E-state index contributed by atoms with van der Waals surface area (Å²) in [6.45, 7) is 0. The zero-order valence-electron chi connectivity index (χ0n) is 12.2. The summed E-state index contributed by atoms with van der Waals surface area (Å²) in [5.74, 6) is 0.429. The van der Waals surface area contributed by atoms with E-state index in [0.29, 0.717) is 12.3 Å². The molecule has 2 aromatic rings. The van der Waals surface area contributed by atoms with Gasteiger partial charge in [0.05, 0.1) is 10.5 Å². The second kappa shape index (κ2) is 5.82. The lowest BCUT2D eigenvalue weighted by molar-refractivity contribution is -0.387. The van der Waals surface area contributed by atoms with E-state index in [4.69, 9.17) is 4.42 Å². The molecule has 9 nitrogen and oxygen atoms in total. The van der Waals surface area contributed by atoms with Crippen LogP contribution >= 0.6 is 0 Å². The van der Waals surface area contributed by atoms with Crippen molar-refractivity contribution in [3.63, 3.8) is 0 Å². The minimum absolute atomic E-state index is 0.0330. The molecule has 0 saturated heterocycles. The van der Waals surface area contributed by atoms with Crippen LogP contribution in [0.4, 0.5) is 5.69 Å². The number of hydrogen-bond acceptors (Lipinski definition) is 6. The number of aryl methyl sites for hydroxylation is 1. The largest absolute Gasteiger partial charge is 0.416 e. The summed E-state index contributed by atoms with van der Waals surface area (Å²) in [6.07, 6.45) is 5.20. The lowest BCUT2D eigenvalue weighted by Gasteiger charge is -2.09. The smallest absolute Gasteiger partial charge is 0.400 e. The van der Waals surface area contributed by atoms with E-state index in [-0.39, 0.29) is 23.1 Å². The predicted molar refractivity (Wildman–Crippen MR) is 80.7 cm³/mol. The number of aromatic amines is 2. The molecule has 0 radical (unpaired) electrons. The van der Waals surface area contributed by atoms with Crippen molar-refractivity contribution in [1.29, 1.82) is 0 Å². The van der Waals surface area contributed by atoms with Gasteiger partial charge in [0, 0.05) is 0 Å². The Morgan fingerprint density at radius 1 is 1.17 bits per heavy atom. The van der Waals surface area contributed by atoms with Gasteiger partial charge >= 0.3 is 17.0 Å². The van der Waals surface area contributed by atoms with Gasteiger partial charge in [-0.3, -0.25) is 24.9 Å². The van der Waals surface area contributed by atoms with E-state index in [2.05, 4.69) is 4.98 Å². The summed E-state index contributed by atoms with van der Waals surface area (Å²) in [5.41, 5.74) is -3.81. The Labute approximate surface area is 128 Å². The van der Waals surface area contributed by atoms with Gasteiger partial charge in [-0.15, -0.1) is 0 Å². The van der Waals surface area contributed by atoms with Crippen LogP contribution in [0.5, 0.6) is 0 Å². The molecule has 1 fully saturated rings. The maximum Gasteiger partial charge on any atom is 0.416 e. The minimum atomic E-state index is -1.16. The number of hydrogen-bond donors (Lipinski definition) is 2.